The number of nitrogens with two attached hydrogens (primary N) is 1. The molecule has 0 aliphatic rings. The number of unbranched alkanes of at least 4 members (excludes halogenated alkanes) is 2. The van der Waals surface area contributed by atoms with E-state index in [9.17, 15) is 19.2 Å². The average Bonchev–Trinajstić information content (AvgIpc) is 2.78. The number of rotatable bonds is 12. The minimum Gasteiger partial charge on any atom is -0.461 e. The Morgan fingerprint density at radius 3 is 2.21 bits per heavy atom. The van der Waals surface area contributed by atoms with Crippen molar-refractivity contribution in [3.63, 3.8) is 0 Å². The number of ether oxygens (including phenoxy) is 6. The van der Waals surface area contributed by atoms with Gasteiger partial charge in [0, 0.05) is 6.42 Å². The third-order valence-corrected chi connectivity index (χ3v) is 4.26. The minimum absolute atomic E-state index is 0.0278. The lowest BCUT2D eigenvalue weighted by Crippen LogP contribution is -2.36. The molecule has 0 unspecified atom stereocenters. The van der Waals surface area contributed by atoms with E-state index in [1.54, 1.807) is 6.92 Å². The molecule has 11 nitrogen and oxygen atoms in total. The standard InChI is InChI=1S/C22H31NO10/c1-5-6-7-8-19(24)31-14(2)13-30-20(25)16(23)11-15-9-10-17(32-21(26)28-3)18(12-15)33-22(27)29-4/h9-10,12,14,16H,5-8,11,13,23H2,1-4H3/t14-,16-/m0/s1. The van der Waals surface area contributed by atoms with Crippen molar-refractivity contribution in [1.82, 2.24) is 0 Å². The van der Waals surface area contributed by atoms with E-state index in [0.29, 0.717) is 12.0 Å². The summed E-state index contributed by atoms with van der Waals surface area (Å²) in [5, 5.41) is 0. The monoisotopic (exact) mass is 469 g/mol. The minimum atomic E-state index is -1.05. The van der Waals surface area contributed by atoms with Crippen molar-refractivity contribution < 1.29 is 47.6 Å². The maximum absolute atomic E-state index is 12.2. The predicted octanol–water partition coefficient (Wildman–Crippen LogP) is 2.90. The number of benzene rings is 1. The van der Waals surface area contributed by atoms with Crippen LogP contribution in [0.2, 0.25) is 0 Å². The zero-order chi connectivity index (χ0) is 24.8. The van der Waals surface area contributed by atoms with E-state index in [4.69, 9.17) is 24.7 Å². The summed E-state index contributed by atoms with van der Waals surface area (Å²) < 4.78 is 29.1. The van der Waals surface area contributed by atoms with Gasteiger partial charge in [-0.05, 0) is 37.5 Å². The number of carbonyl (C=O) groups is 4. The molecule has 11 heteroatoms. The Bertz CT molecular complexity index is 810. The van der Waals surface area contributed by atoms with Crippen LogP contribution in [0.3, 0.4) is 0 Å². The van der Waals surface area contributed by atoms with Crippen molar-refractivity contribution >= 4 is 24.2 Å². The first-order valence-corrected chi connectivity index (χ1v) is 10.5. The van der Waals surface area contributed by atoms with Gasteiger partial charge in [-0.2, -0.15) is 0 Å². The molecule has 0 saturated carbocycles. The molecule has 1 aromatic rings. The van der Waals surface area contributed by atoms with Crippen LogP contribution in [0, 0.1) is 0 Å². The number of hydrogen-bond donors (Lipinski definition) is 1. The molecule has 1 aromatic carbocycles. The molecule has 184 valence electrons. The molecule has 0 heterocycles. The van der Waals surface area contributed by atoms with Crippen LogP contribution in [-0.2, 0) is 35.0 Å². The van der Waals surface area contributed by atoms with Crippen LogP contribution in [-0.4, -0.2) is 57.2 Å². The fourth-order valence-electron chi connectivity index (χ4n) is 2.59. The molecule has 0 radical (unpaired) electrons. The van der Waals surface area contributed by atoms with Crippen molar-refractivity contribution in [2.24, 2.45) is 5.73 Å². The first-order chi connectivity index (χ1) is 15.7. The van der Waals surface area contributed by atoms with Gasteiger partial charge in [-0.1, -0.05) is 25.8 Å². The highest BCUT2D eigenvalue weighted by Gasteiger charge is 2.21. The second-order valence-electron chi connectivity index (χ2n) is 7.09. The van der Waals surface area contributed by atoms with Gasteiger partial charge in [-0.15, -0.1) is 0 Å². The molecule has 0 amide bonds. The normalized spacial score (nSPS) is 12.2. The van der Waals surface area contributed by atoms with Gasteiger partial charge in [0.15, 0.2) is 11.5 Å². The molecule has 0 bridgehead atoms. The molecular formula is C22H31NO10. The SMILES string of the molecule is CCCCCC(=O)O[C@@H](C)COC(=O)[C@@H](N)Cc1ccc(OC(=O)OC)c(OC(=O)OC)c1. The third kappa shape index (κ3) is 10.7. The zero-order valence-corrected chi connectivity index (χ0v) is 19.3. The summed E-state index contributed by atoms with van der Waals surface area (Å²) in [5.74, 6) is -1.27. The van der Waals surface area contributed by atoms with Crippen molar-refractivity contribution in [3.05, 3.63) is 23.8 Å². The van der Waals surface area contributed by atoms with Gasteiger partial charge in [-0.25, -0.2) is 9.59 Å². The van der Waals surface area contributed by atoms with Gasteiger partial charge >= 0.3 is 24.2 Å². The molecule has 0 spiro atoms. The van der Waals surface area contributed by atoms with Gasteiger partial charge in [-0.3, -0.25) is 9.59 Å². The molecule has 33 heavy (non-hydrogen) atoms. The Kier molecular flexibility index (Phi) is 12.3. The van der Waals surface area contributed by atoms with E-state index < -0.39 is 30.4 Å². The number of methoxy groups -OCH3 is 2. The Labute approximate surface area is 192 Å². The van der Waals surface area contributed by atoms with Crippen LogP contribution >= 0.6 is 0 Å². The maximum atomic E-state index is 12.2. The number of hydrogen-bond acceptors (Lipinski definition) is 11. The number of carbonyl (C=O) groups excluding carboxylic acids is 4. The first kappa shape index (κ1) is 27.7. The molecule has 0 aliphatic carbocycles. The Morgan fingerprint density at radius 1 is 0.970 bits per heavy atom. The summed E-state index contributed by atoms with van der Waals surface area (Å²) in [5.41, 5.74) is 6.41. The summed E-state index contributed by atoms with van der Waals surface area (Å²) in [7, 11) is 2.23. The molecule has 2 N–H and O–H groups in total. The van der Waals surface area contributed by atoms with Crippen molar-refractivity contribution in [3.8, 4) is 11.5 Å². The van der Waals surface area contributed by atoms with Crippen LogP contribution in [0.15, 0.2) is 18.2 Å². The molecule has 1 rings (SSSR count). The van der Waals surface area contributed by atoms with Crippen LogP contribution in [0.5, 0.6) is 11.5 Å². The van der Waals surface area contributed by atoms with E-state index >= 15 is 0 Å². The van der Waals surface area contributed by atoms with Gasteiger partial charge in [0.25, 0.3) is 0 Å². The summed E-state index contributed by atoms with van der Waals surface area (Å²) >= 11 is 0. The Hall–Kier alpha value is -3.34. The van der Waals surface area contributed by atoms with E-state index in [2.05, 4.69) is 9.47 Å². The molecular weight excluding hydrogens is 438 g/mol. The van der Waals surface area contributed by atoms with E-state index in [1.807, 2.05) is 6.92 Å². The highest BCUT2D eigenvalue weighted by Crippen LogP contribution is 2.29. The lowest BCUT2D eigenvalue weighted by Gasteiger charge is -2.16. The van der Waals surface area contributed by atoms with Crippen LogP contribution < -0.4 is 15.2 Å². The summed E-state index contributed by atoms with van der Waals surface area (Å²) in [6.45, 7) is 3.52. The summed E-state index contributed by atoms with van der Waals surface area (Å²) in [4.78, 5) is 46.8. The lowest BCUT2D eigenvalue weighted by atomic mass is 10.1. The van der Waals surface area contributed by atoms with E-state index in [1.165, 1.54) is 18.2 Å². The fourth-order valence-corrected chi connectivity index (χ4v) is 2.59. The number of esters is 2. The predicted molar refractivity (Wildman–Crippen MR) is 115 cm³/mol. The molecule has 0 saturated heterocycles. The molecule has 2 atom stereocenters. The second kappa shape index (κ2) is 14.7. The largest absolute Gasteiger partial charge is 0.513 e. The summed E-state index contributed by atoms with van der Waals surface area (Å²) in [6, 6.07) is 3.19. The molecule has 0 aromatic heterocycles. The smallest absolute Gasteiger partial charge is 0.461 e. The molecule has 0 aliphatic heterocycles. The third-order valence-electron chi connectivity index (χ3n) is 4.26. The highest BCUT2D eigenvalue weighted by molar-refractivity contribution is 5.76. The maximum Gasteiger partial charge on any atom is 0.513 e. The second-order valence-corrected chi connectivity index (χ2v) is 7.09. The van der Waals surface area contributed by atoms with Gasteiger partial charge in [0.05, 0.1) is 14.2 Å². The highest BCUT2D eigenvalue weighted by atomic mass is 16.7. The summed E-state index contributed by atoms with van der Waals surface area (Å²) in [6.07, 6.45) is 0.368. The Balaban J connectivity index is 2.67. The van der Waals surface area contributed by atoms with Crippen molar-refractivity contribution in [2.45, 2.75) is 58.1 Å². The van der Waals surface area contributed by atoms with Gasteiger partial charge in [0.1, 0.15) is 18.8 Å². The lowest BCUT2D eigenvalue weighted by molar-refractivity contribution is -0.158. The van der Waals surface area contributed by atoms with E-state index in [0.717, 1.165) is 33.5 Å². The van der Waals surface area contributed by atoms with Crippen molar-refractivity contribution in [1.29, 1.82) is 0 Å². The van der Waals surface area contributed by atoms with Gasteiger partial charge in [0.2, 0.25) is 0 Å². The first-order valence-electron chi connectivity index (χ1n) is 10.5. The van der Waals surface area contributed by atoms with Crippen LogP contribution in [0.1, 0.15) is 45.1 Å². The Morgan fingerprint density at radius 2 is 1.61 bits per heavy atom. The average molecular weight is 469 g/mol. The van der Waals surface area contributed by atoms with Crippen LogP contribution in [0.25, 0.3) is 0 Å². The zero-order valence-electron chi connectivity index (χ0n) is 19.3. The van der Waals surface area contributed by atoms with Gasteiger partial charge < -0.3 is 34.2 Å². The quantitative estimate of drug-likeness (QED) is 0.208. The molecule has 0 fully saturated rings. The van der Waals surface area contributed by atoms with Crippen molar-refractivity contribution in [2.75, 3.05) is 20.8 Å². The topological polar surface area (TPSA) is 150 Å². The van der Waals surface area contributed by atoms with E-state index in [-0.39, 0.29) is 30.5 Å². The van der Waals surface area contributed by atoms with Crippen LogP contribution in [0.4, 0.5) is 9.59 Å². The fraction of sp³-hybridized carbons (Fsp3) is 0.545.